The van der Waals surface area contributed by atoms with E-state index in [1.807, 2.05) is 12.1 Å². The number of aromatic amines is 1. The number of para-hydroxylation sites is 1. The van der Waals surface area contributed by atoms with Gasteiger partial charge in [0.2, 0.25) is 5.52 Å². The number of hydrogen-bond donors (Lipinski definition) is 0. The molecule has 0 aliphatic heterocycles. The minimum Gasteiger partial charge on any atom is -0.868 e. The smallest absolute Gasteiger partial charge is 0.868 e. The van der Waals surface area contributed by atoms with Gasteiger partial charge in [-0.3, -0.25) is 0 Å². The number of rotatable bonds is 1. The van der Waals surface area contributed by atoms with E-state index in [-0.39, 0.29) is 24.6 Å². The second-order valence-corrected chi connectivity index (χ2v) is 7.79. The van der Waals surface area contributed by atoms with Crippen molar-refractivity contribution in [3.63, 3.8) is 0 Å². The summed E-state index contributed by atoms with van der Waals surface area (Å²) in [6.45, 7) is 0. The van der Waals surface area contributed by atoms with E-state index in [1.165, 1.54) is 44.2 Å². The van der Waals surface area contributed by atoms with Crippen LogP contribution in [0.1, 0.15) is 44.2 Å². The maximum Gasteiger partial charge on any atom is 1.00 e. The fourth-order valence-corrected chi connectivity index (χ4v) is 5.92. The Balaban J connectivity index is 0.00000125. The van der Waals surface area contributed by atoms with Crippen LogP contribution in [0.2, 0.25) is 0 Å². The average molecular weight is 286 g/mol. The van der Waals surface area contributed by atoms with Gasteiger partial charge in [0.15, 0.2) is 5.69 Å². The summed E-state index contributed by atoms with van der Waals surface area (Å²) in [4.78, 5) is 3.54. The zero-order valence-corrected chi connectivity index (χ0v) is 13.3. The Kier molecular flexibility index (Phi) is 3.33. The van der Waals surface area contributed by atoms with Gasteiger partial charge in [-0.2, -0.15) is 0 Å². The fourth-order valence-electron chi connectivity index (χ4n) is 5.92. The van der Waals surface area contributed by atoms with Gasteiger partial charge in [-0.25, -0.2) is 4.98 Å². The van der Waals surface area contributed by atoms with Gasteiger partial charge >= 0.3 is 18.9 Å². The van der Waals surface area contributed by atoms with Crippen LogP contribution in [-0.2, 0) is 5.41 Å². The maximum atomic E-state index is 12.1. The summed E-state index contributed by atoms with van der Waals surface area (Å²) in [5, 5.41) is 13.2. The van der Waals surface area contributed by atoms with Gasteiger partial charge in [0, 0.05) is 11.5 Å². The monoisotopic (exact) mass is 286 g/mol. The molecule has 4 saturated carbocycles. The number of fused-ring (bicyclic) bond motifs is 1. The van der Waals surface area contributed by atoms with Crippen molar-refractivity contribution in [2.24, 2.45) is 17.8 Å². The molecule has 3 heteroatoms. The molecule has 0 unspecified atom stereocenters. The molecule has 4 aliphatic carbocycles. The molecule has 0 atom stereocenters. The van der Waals surface area contributed by atoms with Crippen LogP contribution in [0.5, 0.6) is 5.75 Å². The van der Waals surface area contributed by atoms with Crippen LogP contribution in [0.15, 0.2) is 30.3 Å². The van der Waals surface area contributed by atoms with E-state index in [9.17, 15) is 5.11 Å². The van der Waals surface area contributed by atoms with E-state index in [0.29, 0.717) is 5.41 Å². The standard InChI is InChI=1S/C19H21NO.Li/c21-16-3-1-2-15-4-5-17(20-18(15)16)19-9-12-6-13(10-19)8-14(7-12)11-19;/h1-5,12-14,21H,6-11H2;/q;+1. The largest absolute Gasteiger partial charge is 1.00 e. The van der Waals surface area contributed by atoms with E-state index >= 15 is 0 Å². The predicted molar refractivity (Wildman–Crippen MR) is 79.8 cm³/mol. The second-order valence-electron chi connectivity index (χ2n) is 7.79. The summed E-state index contributed by atoms with van der Waals surface area (Å²) in [7, 11) is 0. The van der Waals surface area contributed by atoms with Crippen LogP contribution in [0, 0.1) is 17.8 Å². The van der Waals surface area contributed by atoms with E-state index in [1.54, 1.807) is 6.07 Å². The van der Waals surface area contributed by atoms with Crippen LogP contribution in [0.25, 0.3) is 10.9 Å². The second kappa shape index (κ2) is 5.01. The first-order chi connectivity index (χ1) is 10.2. The molecule has 4 bridgehead atoms. The SMILES string of the molecule is [Li+].[O-]c1cccc2ccc(C34CC5CC(CC(C5)C3)C4)[nH+]c12. The molecule has 2 aromatic rings. The van der Waals surface area contributed by atoms with Crippen LogP contribution in [0.3, 0.4) is 0 Å². The van der Waals surface area contributed by atoms with Crippen LogP contribution in [-0.4, -0.2) is 0 Å². The summed E-state index contributed by atoms with van der Waals surface area (Å²) < 4.78 is 0. The van der Waals surface area contributed by atoms with Crippen molar-refractivity contribution < 1.29 is 29.0 Å². The average Bonchev–Trinajstić information content (AvgIpc) is 2.46. The number of aromatic nitrogens is 1. The Bertz CT molecular complexity index is 691. The summed E-state index contributed by atoms with van der Waals surface area (Å²) >= 11 is 0. The van der Waals surface area contributed by atoms with Crippen molar-refractivity contribution in [3.8, 4) is 5.75 Å². The minimum absolute atomic E-state index is 0. The molecule has 1 aromatic heterocycles. The van der Waals surface area contributed by atoms with E-state index in [2.05, 4.69) is 17.1 Å². The molecule has 4 aliphatic rings. The molecule has 2 nitrogen and oxygen atoms in total. The van der Waals surface area contributed by atoms with Gasteiger partial charge in [-0.1, -0.05) is 12.1 Å². The van der Waals surface area contributed by atoms with Crippen LogP contribution in [0.4, 0.5) is 0 Å². The zero-order valence-electron chi connectivity index (χ0n) is 13.3. The molecule has 1 N–H and O–H groups in total. The molecule has 22 heavy (non-hydrogen) atoms. The van der Waals surface area contributed by atoms with Crippen molar-refractivity contribution in [2.75, 3.05) is 0 Å². The number of pyridine rings is 1. The summed E-state index contributed by atoms with van der Waals surface area (Å²) in [5.74, 6) is 2.92. The van der Waals surface area contributed by atoms with Gasteiger partial charge in [-0.15, -0.1) is 0 Å². The van der Waals surface area contributed by atoms with Gasteiger partial charge in [0.05, 0.1) is 5.41 Å². The molecular formula is C19H21LiNO+. The van der Waals surface area contributed by atoms with Gasteiger partial charge < -0.3 is 5.11 Å². The molecule has 0 radical (unpaired) electrons. The van der Waals surface area contributed by atoms with Gasteiger partial charge in [0.1, 0.15) is 0 Å². The first kappa shape index (κ1) is 14.6. The van der Waals surface area contributed by atoms with E-state index in [4.69, 9.17) is 0 Å². The molecule has 0 amide bonds. The Hall–Kier alpha value is -0.973. The third-order valence-electron chi connectivity index (χ3n) is 6.36. The minimum atomic E-state index is 0. The van der Waals surface area contributed by atoms with Crippen molar-refractivity contribution in [3.05, 3.63) is 36.0 Å². The molecule has 4 fully saturated rings. The van der Waals surface area contributed by atoms with Crippen molar-refractivity contribution >= 4 is 10.9 Å². The maximum absolute atomic E-state index is 12.1. The molecule has 6 rings (SSSR count). The molecule has 1 aromatic carbocycles. The summed E-state index contributed by atoms with van der Waals surface area (Å²) in [6, 6.07) is 9.94. The van der Waals surface area contributed by atoms with Gasteiger partial charge in [0.25, 0.3) is 0 Å². The van der Waals surface area contributed by atoms with Crippen LogP contribution < -0.4 is 29.0 Å². The van der Waals surface area contributed by atoms with Crippen molar-refractivity contribution in [2.45, 2.75) is 43.9 Å². The Morgan fingerprint density at radius 2 is 1.55 bits per heavy atom. The first-order valence-electron chi connectivity index (χ1n) is 8.34. The number of H-pyrrole nitrogens is 1. The Morgan fingerprint density at radius 3 is 2.18 bits per heavy atom. The van der Waals surface area contributed by atoms with Gasteiger partial charge in [-0.05, 0) is 74.2 Å². The Labute approximate surface area is 143 Å². The molecular weight excluding hydrogens is 265 g/mol. The molecule has 0 saturated heterocycles. The summed E-state index contributed by atoms with van der Waals surface area (Å²) in [5.41, 5.74) is 2.47. The predicted octanol–water partition coefficient (Wildman–Crippen LogP) is 0.199. The molecule has 1 heterocycles. The number of benzene rings is 1. The van der Waals surface area contributed by atoms with Crippen LogP contribution >= 0.6 is 0 Å². The Morgan fingerprint density at radius 1 is 0.909 bits per heavy atom. The third-order valence-corrected chi connectivity index (χ3v) is 6.36. The number of hydrogen-bond acceptors (Lipinski definition) is 1. The fraction of sp³-hybridized carbons (Fsp3) is 0.526. The molecule has 0 spiro atoms. The molecule has 108 valence electrons. The summed E-state index contributed by atoms with van der Waals surface area (Å²) in [6.07, 6.45) is 8.38. The van der Waals surface area contributed by atoms with E-state index in [0.717, 1.165) is 28.7 Å². The number of nitrogens with one attached hydrogen (secondary N) is 1. The topological polar surface area (TPSA) is 37.2 Å². The van der Waals surface area contributed by atoms with Crippen molar-refractivity contribution in [1.82, 2.24) is 0 Å². The third kappa shape index (κ3) is 2.04. The zero-order chi connectivity index (χ0) is 14.0. The quantitative estimate of drug-likeness (QED) is 0.690. The first-order valence-corrected chi connectivity index (χ1v) is 8.34. The van der Waals surface area contributed by atoms with E-state index < -0.39 is 0 Å². The van der Waals surface area contributed by atoms with Crippen molar-refractivity contribution in [1.29, 1.82) is 0 Å². The normalized spacial score (nSPS) is 35.5.